The van der Waals surface area contributed by atoms with Crippen LogP contribution >= 0.6 is 0 Å². The molecule has 3 rings (SSSR count). The molecule has 0 aliphatic heterocycles. The summed E-state index contributed by atoms with van der Waals surface area (Å²) in [4.78, 5) is 0. The molecule has 2 aromatic rings. The first-order chi connectivity index (χ1) is 8.16. The summed E-state index contributed by atoms with van der Waals surface area (Å²) in [6.45, 7) is 4.31. The van der Waals surface area contributed by atoms with E-state index in [4.69, 9.17) is 10.3 Å². The molecule has 0 saturated heterocycles. The summed E-state index contributed by atoms with van der Waals surface area (Å²) < 4.78 is 4.95. The maximum Gasteiger partial charge on any atom is 0.147 e. The van der Waals surface area contributed by atoms with Crippen molar-refractivity contribution >= 4 is 5.69 Å². The first kappa shape index (κ1) is 10.4. The molecule has 88 valence electrons. The van der Waals surface area contributed by atoms with Crippen molar-refractivity contribution in [1.29, 1.82) is 0 Å². The fourth-order valence-electron chi connectivity index (χ4n) is 2.70. The van der Waals surface area contributed by atoms with Crippen molar-refractivity contribution in [2.75, 3.05) is 5.73 Å². The van der Waals surface area contributed by atoms with Gasteiger partial charge in [0.1, 0.15) is 12.0 Å². The standard InChI is InChI=1S/C14H16N2O/c1-8-5-10-3-4-11(12(10)6-9(8)2)14-13(15)7-17-16-14/h5-7,11H,3-4,15H2,1-2H3. The summed E-state index contributed by atoms with van der Waals surface area (Å²) in [6, 6.07) is 4.57. The summed E-state index contributed by atoms with van der Waals surface area (Å²) >= 11 is 0. The predicted octanol–water partition coefficient (Wildman–Crippen LogP) is 2.95. The molecule has 0 bridgehead atoms. The van der Waals surface area contributed by atoms with Gasteiger partial charge in [-0.2, -0.15) is 0 Å². The topological polar surface area (TPSA) is 52.0 Å². The second-order valence-corrected chi connectivity index (χ2v) is 4.88. The van der Waals surface area contributed by atoms with E-state index >= 15 is 0 Å². The Hall–Kier alpha value is -1.77. The number of hydrogen-bond acceptors (Lipinski definition) is 3. The van der Waals surface area contributed by atoms with Gasteiger partial charge in [-0.15, -0.1) is 0 Å². The van der Waals surface area contributed by atoms with Gasteiger partial charge in [-0.1, -0.05) is 17.3 Å². The summed E-state index contributed by atoms with van der Waals surface area (Å²) in [6.07, 6.45) is 3.71. The quantitative estimate of drug-likeness (QED) is 0.816. The van der Waals surface area contributed by atoms with Crippen molar-refractivity contribution in [2.24, 2.45) is 0 Å². The third-order valence-electron chi connectivity index (χ3n) is 3.79. The second-order valence-electron chi connectivity index (χ2n) is 4.88. The molecule has 0 amide bonds. The van der Waals surface area contributed by atoms with Crippen LogP contribution in [0.5, 0.6) is 0 Å². The first-order valence-corrected chi connectivity index (χ1v) is 5.96. The Morgan fingerprint density at radius 1 is 1.29 bits per heavy atom. The van der Waals surface area contributed by atoms with Crippen LogP contribution in [-0.2, 0) is 6.42 Å². The van der Waals surface area contributed by atoms with Gasteiger partial charge >= 0.3 is 0 Å². The molecular formula is C14H16N2O. The zero-order valence-electron chi connectivity index (χ0n) is 10.2. The van der Waals surface area contributed by atoms with Crippen LogP contribution in [0.2, 0.25) is 0 Å². The van der Waals surface area contributed by atoms with E-state index in [0.29, 0.717) is 11.6 Å². The molecule has 3 nitrogen and oxygen atoms in total. The monoisotopic (exact) mass is 228 g/mol. The number of aryl methyl sites for hydroxylation is 3. The Labute approximate surface area is 101 Å². The van der Waals surface area contributed by atoms with Crippen LogP contribution < -0.4 is 5.73 Å². The largest absolute Gasteiger partial charge is 0.395 e. The Morgan fingerprint density at radius 2 is 2.06 bits per heavy atom. The van der Waals surface area contributed by atoms with E-state index in [2.05, 4.69) is 31.1 Å². The van der Waals surface area contributed by atoms with Gasteiger partial charge in [-0.25, -0.2) is 0 Å². The number of nitrogen functional groups attached to an aromatic ring is 1. The van der Waals surface area contributed by atoms with Gasteiger partial charge in [0.15, 0.2) is 0 Å². The van der Waals surface area contributed by atoms with Crippen LogP contribution in [0.1, 0.15) is 40.3 Å². The zero-order valence-corrected chi connectivity index (χ0v) is 10.2. The molecule has 1 aromatic carbocycles. The highest BCUT2D eigenvalue weighted by Gasteiger charge is 2.28. The maximum atomic E-state index is 5.89. The minimum absolute atomic E-state index is 0.308. The van der Waals surface area contributed by atoms with Crippen LogP contribution in [-0.4, -0.2) is 5.16 Å². The lowest BCUT2D eigenvalue weighted by Crippen LogP contribution is -2.01. The van der Waals surface area contributed by atoms with Crippen LogP contribution in [0.4, 0.5) is 5.69 Å². The molecule has 1 aliphatic carbocycles. The van der Waals surface area contributed by atoms with Crippen molar-refractivity contribution in [3.63, 3.8) is 0 Å². The van der Waals surface area contributed by atoms with Gasteiger partial charge in [0.25, 0.3) is 0 Å². The fourth-order valence-corrected chi connectivity index (χ4v) is 2.70. The molecule has 0 spiro atoms. The van der Waals surface area contributed by atoms with Crippen LogP contribution in [0.3, 0.4) is 0 Å². The van der Waals surface area contributed by atoms with Crippen molar-refractivity contribution < 1.29 is 4.52 Å². The zero-order chi connectivity index (χ0) is 12.0. The lowest BCUT2D eigenvalue weighted by molar-refractivity contribution is 0.408. The summed E-state index contributed by atoms with van der Waals surface area (Å²) in [5.74, 6) is 0.308. The van der Waals surface area contributed by atoms with Gasteiger partial charge < -0.3 is 10.3 Å². The Bertz CT molecular complexity index is 572. The van der Waals surface area contributed by atoms with Gasteiger partial charge in [0.2, 0.25) is 0 Å². The van der Waals surface area contributed by atoms with Gasteiger partial charge in [-0.05, 0) is 48.9 Å². The molecule has 0 saturated carbocycles. The highest BCUT2D eigenvalue weighted by atomic mass is 16.5. The first-order valence-electron chi connectivity index (χ1n) is 5.96. The van der Waals surface area contributed by atoms with E-state index in [0.717, 1.165) is 18.5 Å². The minimum Gasteiger partial charge on any atom is -0.395 e. The molecule has 3 heteroatoms. The van der Waals surface area contributed by atoms with E-state index in [1.165, 1.54) is 28.5 Å². The fraction of sp³-hybridized carbons (Fsp3) is 0.357. The molecule has 17 heavy (non-hydrogen) atoms. The molecule has 1 heterocycles. The number of hydrogen-bond donors (Lipinski definition) is 1. The van der Waals surface area contributed by atoms with Crippen molar-refractivity contribution in [3.05, 3.63) is 46.3 Å². The Morgan fingerprint density at radius 3 is 2.76 bits per heavy atom. The average molecular weight is 228 g/mol. The van der Waals surface area contributed by atoms with E-state index in [9.17, 15) is 0 Å². The van der Waals surface area contributed by atoms with E-state index in [1.54, 1.807) is 0 Å². The summed E-state index contributed by atoms with van der Waals surface area (Å²) in [7, 11) is 0. The maximum absolute atomic E-state index is 5.89. The van der Waals surface area contributed by atoms with Gasteiger partial charge in [0.05, 0.1) is 5.69 Å². The highest BCUT2D eigenvalue weighted by Crippen LogP contribution is 2.40. The smallest absolute Gasteiger partial charge is 0.147 e. The number of fused-ring (bicyclic) bond motifs is 1. The molecular weight excluding hydrogens is 212 g/mol. The molecule has 1 aliphatic rings. The van der Waals surface area contributed by atoms with Crippen LogP contribution in [0, 0.1) is 13.8 Å². The molecule has 0 fully saturated rings. The number of nitrogens with zero attached hydrogens (tertiary/aromatic N) is 1. The van der Waals surface area contributed by atoms with E-state index in [-0.39, 0.29) is 0 Å². The average Bonchev–Trinajstić information content (AvgIpc) is 2.86. The van der Waals surface area contributed by atoms with Crippen LogP contribution in [0.15, 0.2) is 22.9 Å². The van der Waals surface area contributed by atoms with Crippen molar-refractivity contribution in [2.45, 2.75) is 32.6 Å². The third kappa shape index (κ3) is 1.54. The molecule has 0 radical (unpaired) electrons. The summed E-state index contributed by atoms with van der Waals surface area (Å²) in [5.41, 5.74) is 12.9. The SMILES string of the molecule is Cc1cc2c(cc1C)C(c1nocc1N)CC2. The third-order valence-corrected chi connectivity index (χ3v) is 3.79. The number of anilines is 1. The summed E-state index contributed by atoms with van der Waals surface area (Å²) in [5, 5.41) is 4.05. The molecule has 2 N–H and O–H groups in total. The van der Waals surface area contributed by atoms with Crippen LogP contribution in [0.25, 0.3) is 0 Å². The molecule has 1 aromatic heterocycles. The lowest BCUT2D eigenvalue weighted by Gasteiger charge is -2.11. The van der Waals surface area contributed by atoms with Gasteiger partial charge in [-0.3, -0.25) is 0 Å². The number of nitrogens with two attached hydrogens (primary N) is 1. The lowest BCUT2D eigenvalue weighted by atomic mass is 9.94. The second kappa shape index (κ2) is 3.62. The van der Waals surface area contributed by atoms with Crippen molar-refractivity contribution in [1.82, 2.24) is 5.16 Å². The van der Waals surface area contributed by atoms with E-state index in [1.807, 2.05) is 0 Å². The number of aromatic nitrogens is 1. The normalized spacial score (nSPS) is 18.4. The van der Waals surface area contributed by atoms with E-state index < -0.39 is 0 Å². The molecule has 1 atom stereocenters. The highest BCUT2D eigenvalue weighted by molar-refractivity contribution is 5.51. The number of rotatable bonds is 1. The Balaban J connectivity index is 2.10. The molecule has 1 unspecified atom stereocenters. The number of benzene rings is 1. The minimum atomic E-state index is 0.308. The Kier molecular flexibility index (Phi) is 2.21. The van der Waals surface area contributed by atoms with Crippen molar-refractivity contribution in [3.8, 4) is 0 Å². The van der Waals surface area contributed by atoms with Gasteiger partial charge in [0, 0.05) is 5.92 Å². The predicted molar refractivity (Wildman–Crippen MR) is 67.0 cm³/mol.